The highest BCUT2D eigenvalue weighted by atomic mass is 32.1. The molecular weight excluding hydrogens is 410 g/mol. The van der Waals surface area contributed by atoms with Crippen LogP contribution in [0.15, 0.2) is 40.6 Å². The van der Waals surface area contributed by atoms with Crippen molar-refractivity contribution in [1.82, 2.24) is 14.3 Å². The smallest absolute Gasteiger partial charge is 0.339 e. The van der Waals surface area contributed by atoms with Crippen molar-refractivity contribution in [1.29, 1.82) is 0 Å². The Morgan fingerprint density at radius 3 is 2.84 bits per heavy atom. The van der Waals surface area contributed by atoms with Crippen molar-refractivity contribution in [2.45, 2.75) is 33.1 Å². The molecule has 3 aromatic rings. The number of pyridine rings is 1. The molecule has 7 heteroatoms. The lowest BCUT2D eigenvalue weighted by Crippen LogP contribution is -2.28. The molecule has 3 aromatic heterocycles. The fourth-order valence-electron chi connectivity index (χ4n) is 3.94. The molecule has 0 N–H and O–H groups in total. The van der Waals surface area contributed by atoms with Crippen LogP contribution in [0.25, 0.3) is 17.3 Å². The number of hydrogen-bond donors (Lipinski definition) is 0. The van der Waals surface area contributed by atoms with E-state index in [0.717, 1.165) is 47.6 Å². The third-order valence-electron chi connectivity index (χ3n) is 5.72. The summed E-state index contributed by atoms with van der Waals surface area (Å²) in [4.78, 5) is 33.8. The zero-order valence-electron chi connectivity index (χ0n) is 18.0. The predicted molar refractivity (Wildman–Crippen MR) is 125 cm³/mol. The maximum absolute atomic E-state index is 13.2. The van der Waals surface area contributed by atoms with E-state index in [4.69, 9.17) is 9.72 Å². The van der Waals surface area contributed by atoms with Gasteiger partial charge in [-0.25, -0.2) is 9.78 Å². The average molecular weight is 438 g/mol. The average Bonchev–Trinajstić information content (AvgIpc) is 3.30. The summed E-state index contributed by atoms with van der Waals surface area (Å²) >= 11 is 1.67. The molecule has 0 radical (unpaired) electrons. The summed E-state index contributed by atoms with van der Waals surface area (Å²) in [6.45, 7) is 7.01. The van der Waals surface area contributed by atoms with E-state index in [1.165, 1.54) is 4.40 Å². The van der Waals surface area contributed by atoms with Crippen LogP contribution in [0.5, 0.6) is 0 Å². The van der Waals surface area contributed by atoms with E-state index in [2.05, 4.69) is 30.9 Å². The Labute approximate surface area is 185 Å². The molecule has 1 aliphatic carbocycles. The highest BCUT2D eigenvalue weighted by Gasteiger charge is 2.21. The molecule has 0 atom stereocenters. The summed E-state index contributed by atoms with van der Waals surface area (Å²) in [5.74, 6) is -0.419. The van der Waals surface area contributed by atoms with Gasteiger partial charge in [-0.3, -0.25) is 9.20 Å². The van der Waals surface area contributed by atoms with Crippen LogP contribution in [0.2, 0.25) is 0 Å². The maximum atomic E-state index is 13.2. The lowest BCUT2D eigenvalue weighted by Gasteiger charge is -2.19. The topological polar surface area (TPSA) is 63.9 Å². The minimum Gasteiger partial charge on any atom is -0.461 e. The van der Waals surface area contributed by atoms with Crippen molar-refractivity contribution in [3.05, 3.63) is 67.9 Å². The molecular formula is C24H27N3O3S. The molecule has 0 fully saturated rings. The number of carbonyl (C=O) groups is 1. The number of ether oxygens (including phenoxy) is 1. The Hall–Kier alpha value is -2.77. The van der Waals surface area contributed by atoms with E-state index in [0.29, 0.717) is 30.8 Å². The van der Waals surface area contributed by atoms with Gasteiger partial charge < -0.3 is 9.64 Å². The Bertz CT molecular complexity index is 1160. The largest absolute Gasteiger partial charge is 0.461 e. The third kappa shape index (κ3) is 4.62. The predicted octanol–water partition coefficient (Wildman–Crippen LogP) is 4.13. The Morgan fingerprint density at radius 2 is 2.10 bits per heavy atom. The van der Waals surface area contributed by atoms with Gasteiger partial charge in [-0.05, 0) is 67.6 Å². The third-order valence-corrected chi connectivity index (χ3v) is 6.54. The van der Waals surface area contributed by atoms with Gasteiger partial charge in [0.25, 0.3) is 5.56 Å². The van der Waals surface area contributed by atoms with E-state index in [1.54, 1.807) is 29.7 Å². The van der Waals surface area contributed by atoms with Crippen molar-refractivity contribution < 1.29 is 9.53 Å². The monoisotopic (exact) mass is 437 g/mol. The van der Waals surface area contributed by atoms with E-state index in [9.17, 15) is 9.59 Å². The first-order valence-electron chi connectivity index (χ1n) is 10.8. The lowest BCUT2D eigenvalue weighted by atomic mass is 9.91. The Kier molecular flexibility index (Phi) is 6.63. The second kappa shape index (κ2) is 9.58. The first kappa shape index (κ1) is 21.5. The number of esters is 1. The minimum atomic E-state index is -0.419. The summed E-state index contributed by atoms with van der Waals surface area (Å²) in [7, 11) is 0. The fourth-order valence-corrected chi connectivity index (χ4v) is 4.62. The van der Waals surface area contributed by atoms with E-state index >= 15 is 0 Å². The van der Waals surface area contributed by atoms with Crippen LogP contribution in [-0.4, -0.2) is 46.5 Å². The molecule has 6 nitrogen and oxygen atoms in total. The Balaban J connectivity index is 1.62. The number of likely N-dealkylation sites (N-methyl/N-ethyl adjacent to an activating group) is 1. The number of rotatable bonds is 7. The van der Waals surface area contributed by atoms with Crippen LogP contribution < -0.4 is 5.56 Å². The van der Waals surface area contributed by atoms with Crippen molar-refractivity contribution in [3.8, 4) is 0 Å². The van der Waals surface area contributed by atoms with Gasteiger partial charge in [0.05, 0.1) is 11.3 Å². The van der Waals surface area contributed by atoms with Crippen LogP contribution in [0.3, 0.4) is 0 Å². The molecule has 31 heavy (non-hydrogen) atoms. The van der Waals surface area contributed by atoms with E-state index in [-0.39, 0.29) is 5.56 Å². The van der Waals surface area contributed by atoms with Crippen LogP contribution in [0, 0.1) is 0 Å². The van der Waals surface area contributed by atoms with Gasteiger partial charge in [0.15, 0.2) is 0 Å². The van der Waals surface area contributed by atoms with E-state index < -0.39 is 5.97 Å². The zero-order chi connectivity index (χ0) is 21.8. The van der Waals surface area contributed by atoms with Crippen LogP contribution in [0.4, 0.5) is 0 Å². The van der Waals surface area contributed by atoms with Crippen molar-refractivity contribution in [2.75, 3.05) is 26.2 Å². The first-order valence-corrected chi connectivity index (χ1v) is 11.7. The number of fused-ring (bicyclic) bond motifs is 2. The summed E-state index contributed by atoms with van der Waals surface area (Å²) < 4.78 is 6.90. The van der Waals surface area contributed by atoms with Crippen molar-refractivity contribution >= 4 is 34.6 Å². The summed E-state index contributed by atoms with van der Waals surface area (Å²) in [5.41, 5.74) is 3.42. The maximum Gasteiger partial charge on any atom is 0.339 e. The summed E-state index contributed by atoms with van der Waals surface area (Å²) in [6.07, 6.45) is 6.21. The van der Waals surface area contributed by atoms with Crippen LogP contribution in [-0.2, 0) is 11.2 Å². The van der Waals surface area contributed by atoms with Crippen LogP contribution >= 0.6 is 11.3 Å². The van der Waals surface area contributed by atoms with Crippen molar-refractivity contribution in [2.24, 2.45) is 0 Å². The van der Waals surface area contributed by atoms with Gasteiger partial charge in [-0.2, -0.15) is 0 Å². The molecule has 0 spiro atoms. The van der Waals surface area contributed by atoms with Gasteiger partial charge >= 0.3 is 5.97 Å². The number of thiophene rings is 1. The molecule has 4 rings (SSSR count). The number of nitrogens with zero attached hydrogens (tertiary/aromatic N) is 3. The summed E-state index contributed by atoms with van der Waals surface area (Å²) in [6, 6.07) is 7.49. The molecule has 0 aromatic carbocycles. The lowest BCUT2D eigenvalue weighted by molar-refractivity contribution is 0.0466. The molecule has 3 heterocycles. The number of hydrogen-bond acceptors (Lipinski definition) is 6. The second-order valence-electron chi connectivity index (χ2n) is 7.59. The van der Waals surface area contributed by atoms with Gasteiger partial charge in [-0.1, -0.05) is 19.9 Å². The fraction of sp³-hybridized carbons (Fsp3) is 0.375. The molecule has 0 unspecified atom stereocenters. The minimum absolute atomic E-state index is 0.102. The molecule has 0 amide bonds. The van der Waals surface area contributed by atoms with Crippen LogP contribution in [0.1, 0.15) is 53.2 Å². The number of allylic oxidation sites excluding steroid dienone is 1. The molecule has 0 aliphatic heterocycles. The standard InChI is InChI=1S/C24H27N3O3S/c1-3-26(4-2)12-13-30-24(29)18-10-11-21-25-22-17(15-19-8-6-14-31-19)7-5-9-20(22)23(28)27(21)16-18/h6,8,10-11,14-16H,3-5,7,9,12-13H2,1-2H3. The highest BCUT2D eigenvalue weighted by molar-refractivity contribution is 7.10. The number of aromatic nitrogens is 2. The molecule has 0 saturated carbocycles. The van der Waals surface area contributed by atoms with E-state index in [1.807, 2.05) is 11.4 Å². The van der Waals surface area contributed by atoms with Gasteiger partial charge in [0.1, 0.15) is 12.3 Å². The SMILES string of the molecule is CCN(CC)CCOC(=O)c1ccc2nc3c(c(=O)n2c1)CCCC3=Cc1cccs1. The van der Waals surface area contributed by atoms with Gasteiger partial charge in [0, 0.05) is 23.2 Å². The molecule has 0 saturated heterocycles. The highest BCUT2D eigenvalue weighted by Crippen LogP contribution is 2.30. The zero-order valence-corrected chi connectivity index (χ0v) is 18.8. The van der Waals surface area contributed by atoms with Crippen molar-refractivity contribution in [3.63, 3.8) is 0 Å². The second-order valence-corrected chi connectivity index (χ2v) is 8.57. The molecule has 162 valence electrons. The molecule has 1 aliphatic rings. The molecule has 0 bridgehead atoms. The number of carbonyl (C=O) groups excluding carboxylic acids is 1. The van der Waals surface area contributed by atoms with Gasteiger partial charge in [0.2, 0.25) is 0 Å². The summed E-state index contributed by atoms with van der Waals surface area (Å²) in [5, 5.41) is 2.04. The quantitative estimate of drug-likeness (QED) is 0.520. The first-order chi connectivity index (χ1) is 15.1. The normalized spacial score (nSPS) is 14.9. The van der Waals surface area contributed by atoms with Gasteiger partial charge in [-0.15, -0.1) is 11.3 Å². The Morgan fingerprint density at radius 1 is 1.26 bits per heavy atom.